The summed E-state index contributed by atoms with van der Waals surface area (Å²) in [5, 5.41) is 19.2. The molecule has 176 valence electrons. The molecule has 1 aliphatic carbocycles. The number of carbonyl (C=O) groups is 2. The lowest BCUT2D eigenvalue weighted by Gasteiger charge is -2.19. The first-order valence-corrected chi connectivity index (χ1v) is 11.0. The van der Waals surface area contributed by atoms with E-state index >= 15 is 0 Å². The Hall–Kier alpha value is -4.67. The molecule has 1 fully saturated rings. The summed E-state index contributed by atoms with van der Waals surface area (Å²) < 4.78 is 12.1. The Morgan fingerprint density at radius 1 is 1.20 bits per heavy atom. The van der Waals surface area contributed by atoms with Gasteiger partial charge in [0, 0.05) is 41.6 Å². The van der Waals surface area contributed by atoms with Crippen LogP contribution in [0.2, 0.25) is 0 Å². The van der Waals surface area contributed by atoms with Crippen LogP contribution in [0, 0.1) is 10.1 Å². The average Bonchev–Trinajstić information content (AvgIpc) is 3.35. The van der Waals surface area contributed by atoms with Crippen LogP contribution in [0.3, 0.4) is 0 Å². The van der Waals surface area contributed by atoms with Gasteiger partial charge in [-0.15, -0.1) is 0 Å². The molecule has 3 N–H and O–H groups in total. The van der Waals surface area contributed by atoms with Crippen molar-refractivity contribution in [2.75, 3.05) is 10.6 Å². The molecule has 0 radical (unpaired) electrons. The summed E-state index contributed by atoms with van der Waals surface area (Å²) in [6.07, 6.45) is 2.34. The molecule has 3 heterocycles. The first-order valence-electron chi connectivity index (χ1n) is 11.0. The molecule has 6 rings (SSSR count). The van der Waals surface area contributed by atoms with Crippen LogP contribution < -0.4 is 25.4 Å². The molecule has 0 unspecified atom stereocenters. The van der Waals surface area contributed by atoms with Crippen molar-refractivity contribution in [1.82, 2.24) is 10.3 Å². The lowest BCUT2D eigenvalue weighted by molar-refractivity contribution is -0.384. The van der Waals surface area contributed by atoms with Crippen molar-refractivity contribution in [3.8, 4) is 17.2 Å². The maximum absolute atomic E-state index is 12.4. The van der Waals surface area contributed by atoms with E-state index in [0.29, 0.717) is 35.8 Å². The van der Waals surface area contributed by atoms with Crippen LogP contribution in [0.1, 0.15) is 23.5 Å². The third-order valence-electron chi connectivity index (χ3n) is 6.27. The Bertz CT molecular complexity index is 1390. The van der Waals surface area contributed by atoms with Gasteiger partial charge in [-0.2, -0.15) is 0 Å². The van der Waals surface area contributed by atoms with Crippen LogP contribution in [-0.2, 0) is 11.2 Å². The first-order chi connectivity index (χ1) is 17.0. The summed E-state index contributed by atoms with van der Waals surface area (Å²) in [5.41, 5.74) is 2.01. The predicted molar refractivity (Wildman–Crippen MR) is 124 cm³/mol. The molecule has 0 spiro atoms. The number of ether oxygens (including phenoxy) is 2. The molecule has 3 atom stereocenters. The van der Waals surface area contributed by atoms with E-state index in [0.717, 1.165) is 16.9 Å². The largest absolute Gasteiger partial charge is 0.487 e. The van der Waals surface area contributed by atoms with Gasteiger partial charge in [-0.3, -0.25) is 14.9 Å². The van der Waals surface area contributed by atoms with Gasteiger partial charge in [0.15, 0.2) is 0 Å². The molecule has 0 bridgehead atoms. The van der Waals surface area contributed by atoms with Gasteiger partial charge in [0.2, 0.25) is 5.91 Å². The van der Waals surface area contributed by atoms with E-state index in [9.17, 15) is 19.7 Å². The number of urea groups is 1. The van der Waals surface area contributed by atoms with Crippen molar-refractivity contribution in [2.24, 2.45) is 0 Å². The summed E-state index contributed by atoms with van der Waals surface area (Å²) in [6, 6.07) is 12.4. The van der Waals surface area contributed by atoms with Gasteiger partial charge in [-0.25, -0.2) is 9.78 Å². The second kappa shape index (κ2) is 7.97. The molecule has 3 aliphatic rings. The fourth-order valence-corrected chi connectivity index (χ4v) is 4.57. The lowest BCUT2D eigenvalue weighted by atomic mass is 10.1. The zero-order valence-electron chi connectivity index (χ0n) is 18.2. The standard InChI is InChI=1S/C24H19N5O6/c30-19-7-5-15-18(8-9-25-23(15)27-19)34-14-4-6-17-16(11-14)20-21(22(20)35-17)28-24(31)26-12-2-1-3-13(10-12)29(32)33/h1-4,6,8-11,20-22H,5,7H2,(H,25,27,30)(H2,26,28,31)/t20-,21+,22-/m0/s1. The van der Waals surface area contributed by atoms with Gasteiger partial charge in [-0.1, -0.05) is 6.07 Å². The van der Waals surface area contributed by atoms with E-state index in [1.165, 1.54) is 18.2 Å². The van der Waals surface area contributed by atoms with E-state index in [1.54, 1.807) is 18.3 Å². The second-order valence-corrected chi connectivity index (χ2v) is 8.53. The van der Waals surface area contributed by atoms with Crippen molar-refractivity contribution in [1.29, 1.82) is 0 Å². The fourth-order valence-electron chi connectivity index (χ4n) is 4.57. The summed E-state index contributed by atoms with van der Waals surface area (Å²) in [4.78, 5) is 38.7. The third-order valence-corrected chi connectivity index (χ3v) is 6.27. The van der Waals surface area contributed by atoms with Crippen LogP contribution in [0.25, 0.3) is 0 Å². The number of carbonyl (C=O) groups excluding carboxylic acids is 2. The number of non-ortho nitro benzene ring substituents is 1. The number of hydrogen-bond acceptors (Lipinski definition) is 7. The third kappa shape index (κ3) is 3.86. The number of nitrogens with zero attached hydrogens (tertiary/aromatic N) is 2. The molecule has 1 saturated carbocycles. The smallest absolute Gasteiger partial charge is 0.319 e. The first kappa shape index (κ1) is 20.9. The van der Waals surface area contributed by atoms with E-state index in [1.807, 2.05) is 18.2 Å². The molecule has 0 saturated heterocycles. The number of nitro benzene ring substituents is 1. The van der Waals surface area contributed by atoms with Gasteiger partial charge in [0.1, 0.15) is 29.2 Å². The van der Waals surface area contributed by atoms with Crippen molar-refractivity contribution >= 4 is 29.1 Å². The normalized spacial score (nSPS) is 20.9. The summed E-state index contributed by atoms with van der Waals surface area (Å²) >= 11 is 0. The average molecular weight is 473 g/mol. The summed E-state index contributed by atoms with van der Waals surface area (Å²) in [7, 11) is 0. The Kier molecular flexibility index (Phi) is 4.76. The minimum Gasteiger partial charge on any atom is -0.487 e. The van der Waals surface area contributed by atoms with Gasteiger partial charge < -0.3 is 25.4 Å². The highest BCUT2D eigenvalue weighted by molar-refractivity contribution is 5.93. The van der Waals surface area contributed by atoms with E-state index in [4.69, 9.17) is 9.47 Å². The number of rotatable bonds is 5. The van der Waals surface area contributed by atoms with Gasteiger partial charge in [0.25, 0.3) is 5.69 Å². The van der Waals surface area contributed by atoms with Gasteiger partial charge in [-0.05, 0) is 36.8 Å². The van der Waals surface area contributed by atoms with E-state index < -0.39 is 11.0 Å². The van der Waals surface area contributed by atoms with Crippen LogP contribution in [0.5, 0.6) is 17.2 Å². The quantitative estimate of drug-likeness (QED) is 0.378. The van der Waals surface area contributed by atoms with E-state index in [-0.39, 0.29) is 29.7 Å². The summed E-state index contributed by atoms with van der Waals surface area (Å²) in [6.45, 7) is 0. The predicted octanol–water partition coefficient (Wildman–Crippen LogP) is 3.72. The van der Waals surface area contributed by atoms with Crippen LogP contribution >= 0.6 is 0 Å². The molecule has 3 amide bonds. The maximum atomic E-state index is 12.4. The Labute approximate surface area is 198 Å². The highest BCUT2D eigenvalue weighted by atomic mass is 16.6. The molecular weight excluding hydrogens is 454 g/mol. The minimum absolute atomic E-state index is 0.0185. The minimum atomic E-state index is -0.517. The number of anilines is 2. The topological polar surface area (TPSA) is 145 Å². The highest BCUT2D eigenvalue weighted by Gasteiger charge is 2.59. The van der Waals surface area contributed by atoms with Gasteiger partial charge in [0.05, 0.1) is 16.9 Å². The monoisotopic (exact) mass is 473 g/mol. The number of fused-ring (bicyclic) bond motifs is 4. The number of pyridine rings is 1. The molecule has 11 nitrogen and oxygen atoms in total. The van der Waals surface area contributed by atoms with Crippen LogP contribution in [-0.4, -0.2) is 34.0 Å². The number of aromatic nitrogens is 1. The Morgan fingerprint density at radius 2 is 2.09 bits per heavy atom. The highest BCUT2D eigenvalue weighted by Crippen LogP contribution is 2.54. The second-order valence-electron chi connectivity index (χ2n) is 8.53. The Balaban J connectivity index is 1.14. The molecule has 11 heteroatoms. The number of nitrogens with one attached hydrogen (secondary N) is 3. The Morgan fingerprint density at radius 3 is 2.94 bits per heavy atom. The number of nitro groups is 1. The SMILES string of the molecule is O=C1CCc2c(Oc3ccc4c(c3)[C@H]3[C@@H](NC(=O)Nc5cccc([N+](=O)[O-])c5)[C@H]3O4)ccnc2N1. The van der Waals surface area contributed by atoms with Crippen LogP contribution in [0.15, 0.2) is 54.7 Å². The molecule has 35 heavy (non-hydrogen) atoms. The molecule has 2 aliphatic heterocycles. The maximum Gasteiger partial charge on any atom is 0.319 e. The van der Waals surface area contributed by atoms with Crippen LogP contribution in [0.4, 0.5) is 22.0 Å². The fraction of sp³-hybridized carbons (Fsp3) is 0.208. The lowest BCUT2D eigenvalue weighted by Crippen LogP contribution is -2.34. The zero-order chi connectivity index (χ0) is 24.1. The van der Waals surface area contributed by atoms with Gasteiger partial charge >= 0.3 is 6.03 Å². The molecular formula is C24H19N5O6. The molecule has 1 aromatic heterocycles. The van der Waals surface area contributed by atoms with Crippen molar-refractivity contribution < 1.29 is 24.0 Å². The number of hydrogen-bond donors (Lipinski definition) is 3. The summed E-state index contributed by atoms with van der Waals surface area (Å²) in [5.74, 6) is 2.43. The van der Waals surface area contributed by atoms with Crippen molar-refractivity contribution in [2.45, 2.75) is 30.9 Å². The number of benzene rings is 2. The van der Waals surface area contributed by atoms with Crippen molar-refractivity contribution in [3.63, 3.8) is 0 Å². The van der Waals surface area contributed by atoms with E-state index in [2.05, 4.69) is 20.9 Å². The van der Waals surface area contributed by atoms with Crippen molar-refractivity contribution in [3.05, 3.63) is 76.0 Å². The number of amides is 3. The molecule has 3 aromatic rings. The zero-order valence-corrected chi connectivity index (χ0v) is 18.2. The molecule has 2 aromatic carbocycles.